The molecular formula is C17H17NO5S. The Labute approximate surface area is 143 Å². The number of hydrogen-bond donors (Lipinski definition) is 1. The molecule has 0 spiro atoms. The third kappa shape index (κ3) is 3.62. The minimum absolute atomic E-state index is 0.0223. The molecular weight excluding hydrogens is 330 g/mol. The van der Waals surface area contributed by atoms with Gasteiger partial charge in [-0.25, -0.2) is 0 Å². The number of carbonyl (C=O) groups excluding carboxylic acids is 3. The lowest BCUT2D eigenvalue weighted by atomic mass is 9.86. The van der Waals surface area contributed by atoms with E-state index in [4.69, 9.17) is 9.47 Å². The summed E-state index contributed by atoms with van der Waals surface area (Å²) in [5.74, 6) is 0.142. The maximum absolute atomic E-state index is 12.0. The van der Waals surface area contributed by atoms with Crippen LogP contribution in [0.4, 0.5) is 4.79 Å². The van der Waals surface area contributed by atoms with Gasteiger partial charge in [0.25, 0.3) is 11.1 Å². The first-order valence-corrected chi connectivity index (χ1v) is 8.62. The Balaban J connectivity index is 1.81. The lowest BCUT2D eigenvalue weighted by Gasteiger charge is -2.23. The fourth-order valence-electron chi connectivity index (χ4n) is 2.38. The predicted octanol–water partition coefficient (Wildman–Crippen LogP) is 3.11. The Bertz CT molecular complexity index is 724. The molecule has 1 aliphatic heterocycles. The van der Waals surface area contributed by atoms with Gasteiger partial charge in [-0.05, 0) is 55.3 Å². The van der Waals surface area contributed by atoms with E-state index in [9.17, 15) is 14.4 Å². The number of benzene rings is 1. The summed E-state index contributed by atoms with van der Waals surface area (Å²) in [7, 11) is 0. The Morgan fingerprint density at radius 1 is 1.33 bits per heavy atom. The summed E-state index contributed by atoms with van der Waals surface area (Å²) in [5.41, 5.74) is 0.689. The van der Waals surface area contributed by atoms with Crippen molar-refractivity contribution in [2.75, 3.05) is 6.61 Å². The van der Waals surface area contributed by atoms with Crippen molar-refractivity contribution in [3.8, 4) is 11.5 Å². The summed E-state index contributed by atoms with van der Waals surface area (Å²) < 4.78 is 11.0. The molecule has 2 fully saturated rings. The quantitative estimate of drug-likeness (QED) is 0.501. The van der Waals surface area contributed by atoms with E-state index < -0.39 is 5.91 Å². The van der Waals surface area contributed by atoms with E-state index in [2.05, 4.69) is 5.32 Å². The average molecular weight is 347 g/mol. The van der Waals surface area contributed by atoms with E-state index in [1.807, 2.05) is 6.92 Å². The van der Waals surface area contributed by atoms with Crippen LogP contribution in [0.3, 0.4) is 0 Å². The van der Waals surface area contributed by atoms with Crippen LogP contribution in [0.2, 0.25) is 0 Å². The van der Waals surface area contributed by atoms with E-state index in [0.717, 1.165) is 31.0 Å². The Kier molecular flexibility index (Phi) is 4.89. The van der Waals surface area contributed by atoms with Crippen LogP contribution in [0.1, 0.15) is 31.7 Å². The van der Waals surface area contributed by atoms with Crippen LogP contribution < -0.4 is 14.8 Å². The molecule has 2 aliphatic rings. The molecule has 1 saturated heterocycles. The number of esters is 1. The van der Waals surface area contributed by atoms with Gasteiger partial charge >= 0.3 is 5.97 Å². The molecule has 0 unspecified atom stereocenters. The zero-order valence-electron chi connectivity index (χ0n) is 13.2. The van der Waals surface area contributed by atoms with Gasteiger partial charge in [0.05, 0.1) is 17.4 Å². The topological polar surface area (TPSA) is 81.7 Å². The summed E-state index contributed by atoms with van der Waals surface area (Å²) in [6.45, 7) is 2.25. The summed E-state index contributed by atoms with van der Waals surface area (Å²) in [6.07, 6.45) is 4.40. The van der Waals surface area contributed by atoms with Crippen molar-refractivity contribution in [3.05, 3.63) is 28.7 Å². The second kappa shape index (κ2) is 7.09. The van der Waals surface area contributed by atoms with E-state index >= 15 is 0 Å². The predicted molar refractivity (Wildman–Crippen MR) is 89.7 cm³/mol. The number of carbonyl (C=O) groups is 3. The molecule has 1 aromatic rings. The Morgan fingerprint density at radius 3 is 2.71 bits per heavy atom. The number of nitrogens with one attached hydrogen (secondary N) is 1. The smallest absolute Gasteiger partial charge is 0.314 e. The van der Waals surface area contributed by atoms with Crippen LogP contribution in [-0.4, -0.2) is 23.7 Å². The fraction of sp³-hybridized carbons (Fsp3) is 0.353. The number of imide groups is 1. The molecule has 6 nitrogen and oxygen atoms in total. The van der Waals surface area contributed by atoms with Crippen molar-refractivity contribution >= 4 is 35.0 Å². The van der Waals surface area contributed by atoms with E-state index in [1.54, 1.807) is 24.3 Å². The molecule has 0 radical (unpaired) electrons. The van der Waals surface area contributed by atoms with Crippen LogP contribution in [0.15, 0.2) is 23.1 Å². The first kappa shape index (κ1) is 16.6. The second-order valence-corrected chi connectivity index (χ2v) is 6.56. The van der Waals surface area contributed by atoms with E-state index in [0.29, 0.717) is 28.6 Å². The second-order valence-electron chi connectivity index (χ2n) is 5.54. The van der Waals surface area contributed by atoms with Gasteiger partial charge in [0.15, 0.2) is 11.5 Å². The highest BCUT2D eigenvalue weighted by atomic mass is 32.2. The van der Waals surface area contributed by atoms with Crippen molar-refractivity contribution in [1.82, 2.24) is 5.32 Å². The third-order valence-electron chi connectivity index (χ3n) is 3.86. The summed E-state index contributed by atoms with van der Waals surface area (Å²) in [4.78, 5) is 35.1. The fourth-order valence-corrected chi connectivity index (χ4v) is 3.06. The lowest BCUT2D eigenvalue weighted by molar-refractivity contribution is -0.141. The highest BCUT2D eigenvalue weighted by Crippen LogP contribution is 2.34. The molecule has 24 heavy (non-hydrogen) atoms. The molecule has 0 bridgehead atoms. The first-order chi connectivity index (χ1) is 11.6. The lowest BCUT2D eigenvalue weighted by Crippen LogP contribution is -2.26. The molecule has 3 rings (SSSR count). The average Bonchev–Trinajstić information content (AvgIpc) is 2.78. The van der Waals surface area contributed by atoms with Gasteiger partial charge in [0.1, 0.15) is 0 Å². The Morgan fingerprint density at radius 2 is 2.12 bits per heavy atom. The number of ether oxygens (including phenoxy) is 2. The number of thioether (sulfide) groups is 1. The molecule has 1 aliphatic carbocycles. The number of rotatable bonds is 5. The molecule has 1 heterocycles. The maximum Gasteiger partial charge on any atom is 0.314 e. The van der Waals surface area contributed by atoms with E-state index in [-0.39, 0.29) is 17.1 Å². The normalized spacial score (nSPS) is 19.1. The number of hydrogen-bond acceptors (Lipinski definition) is 6. The van der Waals surface area contributed by atoms with Crippen LogP contribution in [0, 0.1) is 5.92 Å². The summed E-state index contributed by atoms with van der Waals surface area (Å²) in [6, 6.07) is 5.05. The molecule has 1 N–H and O–H groups in total. The molecule has 126 valence electrons. The molecule has 0 atom stereocenters. The third-order valence-corrected chi connectivity index (χ3v) is 4.67. The first-order valence-electron chi connectivity index (χ1n) is 7.80. The van der Waals surface area contributed by atoms with Crippen LogP contribution in [0.25, 0.3) is 6.08 Å². The number of amides is 2. The van der Waals surface area contributed by atoms with Gasteiger partial charge in [-0.1, -0.05) is 12.5 Å². The van der Waals surface area contributed by atoms with Crippen molar-refractivity contribution in [2.45, 2.75) is 26.2 Å². The zero-order chi connectivity index (χ0) is 17.1. The van der Waals surface area contributed by atoms with Crippen molar-refractivity contribution in [3.63, 3.8) is 0 Å². The van der Waals surface area contributed by atoms with E-state index in [1.165, 1.54) is 0 Å². The highest BCUT2D eigenvalue weighted by Gasteiger charge is 2.28. The Hall–Kier alpha value is -2.28. The zero-order valence-corrected chi connectivity index (χ0v) is 14.0. The van der Waals surface area contributed by atoms with Gasteiger partial charge in [0.2, 0.25) is 0 Å². The van der Waals surface area contributed by atoms with Crippen LogP contribution >= 0.6 is 11.8 Å². The van der Waals surface area contributed by atoms with Gasteiger partial charge < -0.3 is 9.47 Å². The SMILES string of the molecule is CCOc1cc(/C=C2\SC(=O)NC2=O)ccc1OC(=O)C1CCC1. The summed E-state index contributed by atoms with van der Waals surface area (Å²) >= 11 is 0.852. The standard InChI is InChI=1S/C17H17NO5S/c1-2-22-13-8-10(9-14-15(19)18-17(21)24-14)6-7-12(13)23-16(20)11-4-3-5-11/h6-9,11H,2-5H2,1H3,(H,18,19,21)/b14-9-. The van der Waals surface area contributed by atoms with Gasteiger partial charge in [-0.2, -0.15) is 0 Å². The molecule has 7 heteroatoms. The highest BCUT2D eigenvalue weighted by molar-refractivity contribution is 8.18. The molecule has 2 amide bonds. The largest absolute Gasteiger partial charge is 0.490 e. The minimum atomic E-state index is -0.413. The maximum atomic E-state index is 12.0. The monoisotopic (exact) mass is 347 g/mol. The van der Waals surface area contributed by atoms with Crippen molar-refractivity contribution in [1.29, 1.82) is 0 Å². The minimum Gasteiger partial charge on any atom is -0.490 e. The van der Waals surface area contributed by atoms with Crippen LogP contribution in [-0.2, 0) is 9.59 Å². The van der Waals surface area contributed by atoms with Gasteiger partial charge in [0, 0.05) is 0 Å². The van der Waals surface area contributed by atoms with Crippen LogP contribution in [0.5, 0.6) is 11.5 Å². The van der Waals surface area contributed by atoms with Gasteiger partial charge in [-0.15, -0.1) is 0 Å². The molecule has 1 saturated carbocycles. The van der Waals surface area contributed by atoms with Gasteiger partial charge in [-0.3, -0.25) is 19.7 Å². The van der Waals surface area contributed by atoms with Crippen molar-refractivity contribution in [2.24, 2.45) is 5.92 Å². The molecule has 0 aromatic heterocycles. The summed E-state index contributed by atoms with van der Waals surface area (Å²) in [5, 5.41) is 1.82. The molecule has 1 aromatic carbocycles. The van der Waals surface area contributed by atoms with Crippen molar-refractivity contribution < 1.29 is 23.9 Å².